The van der Waals surface area contributed by atoms with Crippen LogP contribution in [0.1, 0.15) is 33.6 Å². The molecule has 102 valence electrons. The summed E-state index contributed by atoms with van der Waals surface area (Å²) in [7, 11) is 1.98. The van der Waals surface area contributed by atoms with E-state index in [0.29, 0.717) is 6.61 Å². The van der Waals surface area contributed by atoms with Crippen molar-refractivity contribution >= 4 is 17.7 Å². The van der Waals surface area contributed by atoms with Gasteiger partial charge in [-0.15, -0.1) is 0 Å². The summed E-state index contributed by atoms with van der Waals surface area (Å²) in [6.45, 7) is 6.53. The fourth-order valence-electron chi connectivity index (χ4n) is 2.49. The van der Waals surface area contributed by atoms with Gasteiger partial charge < -0.3 is 14.4 Å². The Labute approximate surface area is 113 Å². The van der Waals surface area contributed by atoms with Gasteiger partial charge in [0.25, 0.3) is 0 Å². The summed E-state index contributed by atoms with van der Waals surface area (Å²) in [6.07, 6.45) is 4.08. The first-order chi connectivity index (χ1) is 8.46. The lowest BCUT2D eigenvalue weighted by Crippen LogP contribution is -2.47. The zero-order chi connectivity index (χ0) is 13.3. The Morgan fingerprint density at radius 2 is 2.44 bits per heavy atom. The van der Waals surface area contributed by atoms with Crippen LogP contribution in [-0.2, 0) is 14.3 Å². The van der Waals surface area contributed by atoms with E-state index < -0.39 is 0 Å². The second-order valence-electron chi connectivity index (χ2n) is 5.10. The molecule has 0 saturated carbocycles. The standard InChI is InChI=1S/C13H21NO3S/c1-5-16-11(15)8-10-14(4)12-13(3,18-10)7-6-9(2)17-12/h8-9,12H,5-7H2,1-4H3/b10-8-/t9?,12-,13+/m0/s1. The van der Waals surface area contributed by atoms with Gasteiger partial charge in [-0.2, -0.15) is 0 Å². The van der Waals surface area contributed by atoms with Crippen LogP contribution in [0.5, 0.6) is 0 Å². The van der Waals surface area contributed by atoms with Crippen molar-refractivity contribution in [2.45, 2.75) is 50.7 Å². The smallest absolute Gasteiger partial charge is 0.333 e. The van der Waals surface area contributed by atoms with E-state index in [9.17, 15) is 4.79 Å². The fourth-order valence-corrected chi connectivity index (χ4v) is 3.90. The molecule has 0 spiro atoms. The van der Waals surface area contributed by atoms with Crippen molar-refractivity contribution in [3.63, 3.8) is 0 Å². The first-order valence-electron chi connectivity index (χ1n) is 6.42. The maximum atomic E-state index is 11.5. The monoisotopic (exact) mass is 271 g/mol. The Hall–Kier alpha value is -0.680. The summed E-state index contributed by atoms with van der Waals surface area (Å²) in [5.74, 6) is -0.276. The Balaban J connectivity index is 2.15. The lowest BCUT2D eigenvalue weighted by Gasteiger charge is -2.39. The molecule has 0 N–H and O–H groups in total. The molecule has 0 aromatic rings. The fraction of sp³-hybridized carbons (Fsp3) is 0.769. The van der Waals surface area contributed by atoms with E-state index in [-0.39, 0.29) is 23.0 Å². The summed E-state index contributed by atoms with van der Waals surface area (Å²) in [4.78, 5) is 13.6. The Morgan fingerprint density at radius 3 is 3.11 bits per heavy atom. The Kier molecular flexibility index (Phi) is 3.92. The predicted molar refractivity (Wildman–Crippen MR) is 72.0 cm³/mol. The molecule has 1 unspecified atom stereocenters. The normalized spacial score (nSPS) is 37.8. The van der Waals surface area contributed by atoms with Crippen LogP contribution < -0.4 is 0 Å². The molecule has 2 saturated heterocycles. The molecular formula is C13H21NO3S. The molecule has 0 aromatic heterocycles. The van der Waals surface area contributed by atoms with Crippen molar-refractivity contribution in [3.05, 3.63) is 11.1 Å². The van der Waals surface area contributed by atoms with E-state index in [4.69, 9.17) is 9.47 Å². The van der Waals surface area contributed by atoms with Gasteiger partial charge in [0.05, 0.1) is 28.6 Å². The molecular weight excluding hydrogens is 250 g/mol. The molecule has 2 aliphatic rings. The molecule has 2 rings (SSSR count). The number of fused-ring (bicyclic) bond motifs is 1. The van der Waals surface area contributed by atoms with Crippen molar-refractivity contribution in [1.82, 2.24) is 4.90 Å². The quantitative estimate of drug-likeness (QED) is 0.569. The average Bonchev–Trinajstić information content (AvgIpc) is 2.53. The highest BCUT2D eigenvalue weighted by Crippen LogP contribution is 2.51. The van der Waals surface area contributed by atoms with Gasteiger partial charge in [-0.3, -0.25) is 0 Å². The summed E-state index contributed by atoms with van der Waals surface area (Å²) in [5, 5.41) is 0.940. The van der Waals surface area contributed by atoms with Gasteiger partial charge in [-0.1, -0.05) is 11.8 Å². The molecule has 5 heteroatoms. The highest BCUT2D eigenvalue weighted by molar-refractivity contribution is 8.04. The van der Waals surface area contributed by atoms with E-state index in [0.717, 1.165) is 17.9 Å². The number of hydrogen-bond acceptors (Lipinski definition) is 5. The van der Waals surface area contributed by atoms with Crippen LogP contribution in [-0.4, -0.2) is 41.6 Å². The van der Waals surface area contributed by atoms with Gasteiger partial charge in [-0.05, 0) is 33.6 Å². The van der Waals surface area contributed by atoms with Crippen LogP contribution in [0.4, 0.5) is 0 Å². The molecule has 2 fully saturated rings. The van der Waals surface area contributed by atoms with E-state index in [1.165, 1.54) is 0 Å². The summed E-state index contributed by atoms with van der Waals surface area (Å²) in [6, 6.07) is 0. The second kappa shape index (κ2) is 5.13. The molecule has 18 heavy (non-hydrogen) atoms. The summed E-state index contributed by atoms with van der Waals surface area (Å²) < 4.78 is 11.0. The minimum absolute atomic E-state index is 0.0413. The lowest BCUT2D eigenvalue weighted by molar-refractivity contribution is -0.137. The molecule has 0 aromatic carbocycles. The Morgan fingerprint density at radius 1 is 1.72 bits per heavy atom. The van der Waals surface area contributed by atoms with Crippen molar-refractivity contribution < 1.29 is 14.3 Å². The molecule has 0 radical (unpaired) electrons. The number of ether oxygens (including phenoxy) is 2. The summed E-state index contributed by atoms with van der Waals surface area (Å²) in [5.41, 5.74) is 0. The molecule has 3 atom stereocenters. The second-order valence-corrected chi connectivity index (χ2v) is 6.65. The van der Waals surface area contributed by atoms with Gasteiger partial charge >= 0.3 is 5.97 Å². The number of esters is 1. The van der Waals surface area contributed by atoms with Crippen molar-refractivity contribution in [3.8, 4) is 0 Å². The average molecular weight is 271 g/mol. The van der Waals surface area contributed by atoms with E-state index >= 15 is 0 Å². The van der Waals surface area contributed by atoms with Gasteiger partial charge in [0.15, 0.2) is 0 Å². The van der Waals surface area contributed by atoms with Gasteiger partial charge in [-0.25, -0.2) is 4.79 Å². The highest BCUT2D eigenvalue weighted by atomic mass is 32.2. The van der Waals surface area contributed by atoms with E-state index in [2.05, 4.69) is 18.7 Å². The highest BCUT2D eigenvalue weighted by Gasteiger charge is 2.49. The number of carbonyl (C=O) groups is 1. The lowest BCUT2D eigenvalue weighted by atomic mass is 9.96. The molecule has 0 aliphatic carbocycles. The largest absolute Gasteiger partial charge is 0.463 e. The van der Waals surface area contributed by atoms with Crippen molar-refractivity contribution in [2.75, 3.05) is 13.7 Å². The molecule has 0 bridgehead atoms. The predicted octanol–water partition coefficient (Wildman–Crippen LogP) is 2.35. The van der Waals surface area contributed by atoms with Crippen LogP contribution >= 0.6 is 11.8 Å². The number of hydrogen-bond donors (Lipinski definition) is 0. The molecule has 2 aliphatic heterocycles. The maximum absolute atomic E-state index is 11.5. The Bertz CT molecular complexity index is 371. The van der Waals surface area contributed by atoms with Crippen LogP contribution in [0.25, 0.3) is 0 Å². The molecule has 4 nitrogen and oxygen atoms in total. The van der Waals surface area contributed by atoms with Gasteiger partial charge in [0.2, 0.25) is 0 Å². The maximum Gasteiger partial charge on any atom is 0.333 e. The van der Waals surface area contributed by atoms with Crippen LogP contribution in [0.2, 0.25) is 0 Å². The van der Waals surface area contributed by atoms with E-state index in [1.807, 2.05) is 14.0 Å². The number of rotatable bonds is 2. The topological polar surface area (TPSA) is 38.8 Å². The number of thioether (sulfide) groups is 1. The first-order valence-corrected chi connectivity index (χ1v) is 7.23. The molecule has 2 heterocycles. The van der Waals surface area contributed by atoms with Crippen molar-refractivity contribution in [2.24, 2.45) is 0 Å². The third-order valence-electron chi connectivity index (χ3n) is 3.50. The minimum Gasteiger partial charge on any atom is -0.463 e. The third kappa shape index (κ3) is 2.52. The third-order valence-corrected chi connectivity index (χ3v) is 4.98. The zero-order valence-corrected chi connectivity index (χ0v) is 12.3. The number of nitrogens with zero attached hydrogens (tertiary/aromatic N) is 1. The van der Waals surface area contributed by atoms with Crippen molar-refractivity contribution in [1.29, 1.82) is 0 Å². The van der Waals surface area contributed by atoms with Gasteiger partial charge in [0.1, 0.15) is 6.23 Å². The summed E-state index contributed by atoms with van der Waals surface area (Å²) >= 11 is 1.72. The van der Waals surface area contributed by atoms with E-state index in [1.54, 1.807) is 17.8 Å². The van der Waals surface area contributed by atoms with Crippen LogP contribution in [0.15, 0.2) is 11.1 Å². The number of carbonyl (C=O) groups excluding carboxylic acids is 1. The minimum atomic E-state index is -0.276. The zero-order valence-electron chi connectivity index (χ0n) is 11.4. The van der Waals surface area contributed by atoms with Crippen LogP contribution in [0.3, 0.4) is 0 Å². The van der Waals surface area contributed by atoms with Crippen LogP contribution in [0, 0.1) is 0 Å². The SMILES string of the molecule is CCOC(=O)/C=C1\S[C@]2(C)CCC(C)O[C@@H]2N1C. The van der Waals surface area contributed by atoms with Gasteiger partial charge in [0, 0.05) is 7.05 Å². The molecule has 0 amide bonds. The first kappa shape index (κ1) is 13.7.